The molecule has 0 radical (unpaired) electrons. The summed E-state index contributed by atoms with van der Waals surface area (Å²) in [7, 11) is 1.92. The fourth-order valence-electron chi connectivity index (χ4n) is 3.06. The minimum absolute atomic E-state index is 0.125. The number of nitrogens with zero attached hydrogens (tertiary/aromatic N) is 6. The Hall–Kier alpha value is -3.23. The quantitative estimate of drug-likeness (QED) is 0.727. The average Bonchev–Trinajstić information content (AvgIpc) is 2.78. The number of hydrogen-bond acceptors (Lipinski definition) is 7. The van der Waals surface area contributed by atoms with Gasteiger partial charge in [-0.3, -0.25) is 9.78 Å². The lowest BCUT2D eigenvalue weighted by atomic mass is 10.2. The third kappa shape index (κ3) is 5.40. The molecule has 2 aromatic rings. The van der Waals surface area contributed by atoms with Gasteiger partial charge in [-0.05, 0) is 31.0 Å². The Morgan fingerprint density at radius 2 is 1.69 bits per heavy atom. The van der Waals surface area contributed by atoms with E-state index in [-0.39, 0.29) is 12.0 Å². The van der Waals surface area contributed by atoms with Crippen LogP contribution in [-0.4, -0.2) is 83.1 Å². The number of hydrogen-bond donors (Lipinski definition) is 0. The van der Waals surface area contributed by atoms with Crippen LogP contribution in [0, 0.1) is 0 Å². The van der Waals surface area contributed by atoms with Crippen LogP contribution >= 0.6 is 0 Å². The number of piperazine rings is 1. The van der Waals surface area contributed by atoms with Gasteiger partial charge < -0.3 is 19.4 Å². The minimum atomic E-state index is -0.331. The first kappa shape index (κ1) is 20.5. The van der Waals surface area contributed by atoms with Crippen molar-refractivity contribution in [3.05, 3.63) is 48.0 Å². The monoisotopic (exact) mass is 398 g/mol. The maximum atomic E-state index is 12.7. The Kier molecular flexibility index (Phi) is 6.94. The first-order valence-corrected chi connectivity index (χ1v) is 9.71. The highest BCUT2D eigenvalue weighted by Crippen LogP contribution is 2.11. The van der Waals surface area contributed by atoms with Crippen molar-refractivity contribution in [3.63, 3.8) is 0 Å². The Labute approximate surface area is 170 Å². The van der Waals surface area contributed by atoms with E-state index in [1.807, 2.05) is 24.1 Å². The summed E-state index contributed by atoms with van der Waals surface area (Å²) >= 11 is 0. The van der Waals surface area contributed by atoms with Crippen LogP contribution in [0.4, 0.5) is 10.7 Å². The number of likely N-dealkylation sites (N-methyl/N-ethyl adjacent to an activating group) is 1. The molecule has 3 heterocycles. The van der Waals surface area contributed by atoms with E-state index in [2.05, 4.69) is 15.0 Å². The summed E-state index contributed by atoms with van der Waals surface area (Å²) in [6.45, 7) is 4.72. The predicted octanol–water partition coefficient (Wildman–Crippen LogP) is 1.46. The van der Waals surface area contributed by atoms with Gasteiger partial charge in [0, 0.05) is 64.6 Å². The molecule has 0 aliphatic carbocycles. The smallest absolute Gasteiger partial charge is 0.409 e. The summed E-state index contributed by atoms with van der Waals surface area (Å²) < 4.78 is 5.00. The van der Waals surface area contributed by atoms with Crippen LogP contribution in [0.5, 0.6) is 0 Å². The van der Waals surface area contributed by atoms with Gasteiger partial charge in [0.1, 0.15) is 0 Å². The molecular formula is C20H26N6O3. The molecule has 154 valence electrons. The van der Waals surface area contributed by atoms with Crippen LogP contribution in [0.25, 0.3) is 0 Å². The lowest BCUT2D eigenvalue weighted by Crippen LogP contribution is -2.50. The third-order valence-electron chi connectivity index (χ3n) is 4.80. The van der Waals surface area contributed by atoms with Crippen molar-refractivity contribution in [2.24, 2.45) is 0 Å². The van der Waals surface area contributed by atoms with Gasteiger partial charge in [-0.2, -0.15) is 0 Å². The SMILES string of the molecule is CCOC(=O)N1CCN(C(=O)c2cnc(N(C)CCc3ccncc3)nc2)CC1. The van der Waals surface area contributed by atoms with Gasteiger partial charge in [-0.25, -0.2) is 14.8 Å². The number of pyridine rings is 1. The number of aromatic nitrogens is 3. The molecule has 1 aliphatic heterocycles. The minimum Gasteiger partial charge on any atom is -0.450 e. The van der Waals surface area contributed by atoms with E-state index in [1.54, 1.807) is 41.5 Å². The van der Waals surface area contributed by atoms with Crippen LogP contribution in [-0.2, 0) is 11.2 Å². The molecular weight excluding hydrogens is 372 g/mol. The van der Waals surface area contributed by atoms with Crippen molar-refractivity contribution in [3.8, 4) is 0 Å². The first-order valence-electron chi connectivity index (χ1n) is 9.71. The molecule has 9 heteroatoms. The molecule has 0 spiro atoms. The van der Waals surface area contributed by atoms with Gasteiger partial charge in [0.15, 0.2) is 0 Å². The second kappa shape index (κ2) is 9.81. The van der Waals surface area contributed by atoms with Crippen molar-refractivity contribution in [1.82, 2.24) is 24.8 Å². The molecule has 1 saturated heterocycles. The molecule has 2 aromatic heterocycles. The number of ether oxygens (including phenoxy) is 1. The highest BCUT2D eigenvalue weighted by atomic mass is 16.6. The summed E-state index contributed by atoms with van der Waals surface area (Å²) in [6, 6.07) is 3.97. The Morgan fingerprint density at radius 1 is 1.07 bits per heavy atom. The van der Waals surface area contributed by atoms with Crippen LogP contribution in [0.1, 0.15) is 22.8 Å². The van der Waals surface area contributed by atoms with Crippen molar-refractivity contribution in [2.75, 3.05) is 51.3 Å². The molecule has 2 amide bonds. The molecule has 0 saturated carbocycles. The second-order valence-electron chi connectivity index (χ2n) is 6.78. The van der Waals surface area contributed by atoms with Gasteiger partial charge in [0.2, 0.25) is 5.95 Å². The van der Waals surface area contributed by atoms with Gasteiger partial charge in [-0.15, -0.1) is 0 Å². The van der Waals surface area contributed by atoms with Crippen LogP contribution in [0.3, 0.4) is 0 Å². The summed E-state index contributed by atoms with van der Waals surface area (Å²) in [4.78, 5) is 42.4. The summed E-state index contributed by atoms with van der Waals surface area (Å²) in [5, 5.41) is 0. The van der Waals surface area contributed by atoms with Crippen molar-refractivity contribution in [1.29, 1.82) is 0 Å². The van der Waals surface area contributed by atoms with Crippen molar-refractivity contribution in [2.45, 2.75) is 13.3 Å². The predicted molar refractivity (Wildman–Crippen MR) is 108 cm³/mol. The van der Waals surface area contributed by atoms with Gasteiger partial charge >= 0.3 is 6.09 Å². The molecule has 9 nitrogen and oxygen atoms in total. The maximum absolute atomic E-state index is 12.7. The van der Waals surface area contributed by atoms with E-state index in [9.17, 15) is 9.59 Å². The Balaban J connectivity index is 1.51. The van der Waals surface area contributed by atoms with Gasteiger partial charge in [0.05, 0.1) is 12.2 Å². The number of rotatable bonds is 6. The van der Waals surface area contributed by atoms with E-state index in [4.69, 9.17) is 4.74 Å². The molecule has 0 aromatic carbocycles. The first-order chi connectivity index (χ1) is 14.1. The number of anilines is 1. The standard InChI is InChI=1S/C20H26N6O3/c1-3-29-20(28)26-12-10-25(11-13-26)18(27)17-14-22-19(23-15-17)24(2)9-6-16-4-7-21-8-5-16/h4-5,7-8,14-15H,3,6,9-13H2,1-2H3. The molecule has 0 unspecified atom stereocenters. The molecule has 0 bridgehead atoms. The van der Waals surface area contributed by atoms with Gasteiger partial charge in [0.25, 0.3) is 5.91 Å². The van der Waals surface area contributed by atoms with E-state index in [0.29, 0.717) is 44.3 Å². The highest BCUT2D eigenvalue weighted by Gasteiger charge is 2.25. The third-order valence-corrected chi connectivity index (χ3v) is 4.80. The van der Waals surface area contributed by atoms with E-state index >= 15 is 0 Å². The zero-order valence-corrected chi connectivity index (χ0v) is 16.8. The number of carbonyl (C=O) groups excluding carboxylic acids is 2. The summed E-state index contributed by atoms with van der Waals surface area (Å²) in [6.07, 6.45) is 7.20. The normalized spacial score (nSPS) is 13.9. The second-order valence-corrected chi connectivity index (χ2v) is 6.78. The zero-order valence-electron chi connectivity index (χ0n) is 16.8. The Morgan fingerprint density at radius 3 is 2.31 bits per heavy atom. The zero-order chi connectivity index (χ0) is 20.6. The van der Waals surface area contributed by atoms with Crippen LogP contribution < -0.4 is 4.90 Å². The summed E-state index contributed by atoms with van der Waals surface area (Å²) in [5.41, 5.74) is 1.64. The van der Waals surface area contributed by atoms with E-state index < -0.39 is 0 Å². The topological polar surface area (TPSA) is 91.8 Å². The molecule has 0 atom stereocenters. The lowest BCUT2D eigenvalue weighted by molar-refractivity contribution is 0.0570. The highest BCUT2D eigenvalue weighted by molar-refractivity contribution is 5.93. The van der Waals surface area contributed by atoms with Crippen LogP contribution in [0.2, 0.25) is 0 Å². The fraction of sp³-hybridized carbons (Fsp3) is 0.450. The largest absolute Gasteiger partial charge is 0.450 e. The fourth-order valence-corrected chi connectivity index (χ4v) is 3.06. The van der Waals surface area contributed by atoms with E-state index in [0.717, 1.165) is 13.0 Å². The summed E-state index contributed by atoms with van der Waals surface area (Å²) in [5.74, 6) is 0.447. The number of amides is 2. The lowest BCUT2D eigenvalue weighted by Gasteiger charge is -2.34. The van der Waals surface area contributed by atoms with Crippen molar-refractivity contribution < 1.29 is 14.3 Å². The van der Waals surface area contributed by atoms with Crippen LogP contribution in [0.15, 0.2) is 36.9 Å². The Bertz CT molecular complexity index is 807. The molecule has 29 heavy (non-hydrogen) atoms. The molecule has 1 aliphatic rings. The molecule has 3 rings (SSSR count). The molecule has 1 fully saturated rings. The van der Waals surface area contributed by atoms with Crippen molar-refractivity contribution >= 4 is 17.9 Å². The van der Waals surface area contributed by atoms with Gasteiger partial charge in [-0.1, -0.05) is 0 Å². The average molecular weight is 398 g/mol. The number of carbonyl (C=O) groups is 2. The maximum Gasteiger partial charge on any atom is 0.409 e. The molecule has 0 N–H and O–H groups in total. The van der Waals surface area contributed by atoms with E-state index in [1.165, 1.54) is 5.56 Å².